The average Bonchev–Trinajstić information content (AvgIpc) is 2.50. The molecule has 112 valence electrons. The molecule has 4 heteroatoms. The minimum atomic E-state index is 0.834. The van der Waals surface area contributed by atoms with Gasteiger partial charge in [-0.1, -0.05) is 35.9 Å². The van der Waals surface area contributed by atoms with E-state index < -0.39 is 0 Å². The molecule has 0 atom stereocenters. The molecule has 0 radical (unpaired) electrons. The zero-order chi connectivity index (χ0) is 15.1. The molecule has 0 heterocycles. The lowest BCUT2D eigenvalue weighted by Gasteiger charge is -2.11. The van der Waals surface area contributed by atoms with E-state index in [-0.39, 0.29) is 0 Å². The quantitative estimate of drug-likeness (QED) is 0.811. The molecule has 0 fully saturated rings. The van der Waals surface area contributed by atoms with Crippen molar-refractivity contribution in [1.82, 2.24) is 5.32 Å². The predicted octanol–water partition coefficient (Wildman–Crippen LogP) is 4.50. The van der Waals surface area contributed by atoms with Gasteiger partial charge in [-0.3, -0.25) is 0 Å². The lowest BCUT2D eigenvalue weighted by Crippen LogP contribution is -2.05. The molecule has 0 saturated carbocycles. The molecule has 2 aromatic rings. The van der Waals surface area contributed by atoms with Crippen LogP contribution in [-0.4, -0.2) is 14.2 Å². The van der Waals surface area contributed by atoms with Gasteiger partial charge in [-0.25, -0.2) is 0 Å². The highest BCUT2D eigenvalue weighted by molar-refractivity contribution is 7.97. The zero-order valence-corrected chi connectivity index (χ0v) is 13.9. The summed E-state index contributed by atoms with van der Waals surface area (Å²) in [5.41, 5.74) is 3.67. The van der Waals surface area contributed by atoms with Gasteiger partial charge in [0, 0.05) is 28.6 Å². The van der Waals surface area contributed by atoms with Gasteiger partial charge in [0.1, 0.15) is 5.75 Å². The van der Waals surface area contributed by atoms with Crippen molar-refractivity contribution in [3.05, 3.63) is 64.2 Å². The lowest BCUT2D eigenvalue weighted by atomic mass is 10.1. The Morgan fingerprint density at radius 2 is 1.86 bits per heavy atom. The number of ether oxygens (including phenoxy) is 1. The number of rotatable bonds is 7. The largest absolute Gasteiger partial charge is 0.496 e. The van der Waals surface area contributed by atoms with E-state index in [1.54, 1.807) is 7.11 Å². The first-order valence-electron chi connectivity index (χ1n) is 6.86. The number of methoxy groups -OCH3 is 1. The Balaban J connectivity index is 2.01. The third kappa shape index (κ3) is 4.67. The molecule has 0 aliphatic heterocycles. The van der Waals surface area contributed by atoms with Gasteiger partial charge >= 0.3 is 0 Å². The monoisotopic (exact) mass is 321 g/mol. The summed E-state index contributed by atoms with van der Waals surface area (Å²) in [6, 6.07) is 14.3. The number of thioether (sulfide) groups is 1. The van der Waals surface area contributed by atoms with Crippen molar-refractivity contribution >= 4 is 23.4 Å². The topological polar surface area (TPSA) is 21.3 Å². The highest BCUT2D eigenvalue weighted by Crippen LogP contribution is 2.28. The van der Waals surface area contributed by atoms with E-state index in [2.05, 4.69) is 23.5 Å². The Morgan fingerprint density at radius 1 is 1.10 bits per heavy atom. The van der Waals surface area contributed by atoms with Gasteiger partial charge in [-0.05, 0) is 36.4 Å². The van der Waals surface area contributed by atoms with Crippen LogP contribution in [0.15, 0.2) is 42.5 Å². The molecule has 2 aromatic carbocycles. The molecule has 0 amide bonds. The predicted molar refractivity (Wildman–Crippen MR) is 92.2 cm³/mol. The minimum Gasteiger partial charge on any atom is -0.496 e. The molecular weight excluding hydrogens is 302 g/mol. The maximum absolute atomic E-state index is 6.18. The maximum atomic E-state index is 6.18. The van der Waals surface area contributed by atoms with E-state index in [9.17, 15) is 0 Å². The smallest absolute Gasteiger partial charge is 0.122 e. The van der Waals surface area contributed by atoms with Gasteiger partial charge in [-0.2, -0.15) is 11.8 Å². The molecule has 0 unspecified atom stereocenters. The van der Waals surface area contributed by atoms with Crippen LogP contribution in [0.5, 0.6) is 5.75 Å². The SMILES string of the molecule is CNCc1ccc(OC)c(CSCc2ccccc2Cl)c1. The van der Waals surface area contributed by atoms with Crippen LogP contribution in [0.3, 0.4) is 0 Å². The second kappa shape index (κ2) is 8.32. The number of hydrogen-bond donors (Lipinski definition) is 1. The second-order valence-electron chi connectivity index (χ2n) is 4.76. The van der Waals surface area contributed by atoms with Crippen molar-refractivity contribution in [3.63, 3.8) is 0 Å². The molecule has 1 N–H and O–H groups in total. The third-order valence-electron chi connectivity index (χ3n) is 3.20. The maximum Gasteiger partial charge on any atom is 0.122 e. The highest BCUT2D eigenvalue weighted by Gasteiger charge is 2.06. The van der Waals surface area contributed by atoms with Gasteiger partial charge in [0.05, 0.1) is 7.11 Å². The summed E-state index contributed by atoms with van der Waals surface area (Å²) in [4.78, 5) is 0. The van der Waals surface area contributed by atoms with Crippen LogP contribution in [-0.2, 0) is 18.1 Å². The van der Waals surface area contributed by atoms with Crippen LogP contribution in [0.4, 0.5) is 0 Å². The van der Waals surface area contributed by atoms with Crippen molar-refractivity contribution in [2.75, 3.05) is 14.2 Å². The third-order valence-corrected chi connectivity index (χ3v) is 4.60. The molecule has 0 aliphatic rings. The van der Waals surface area contributed by atoms with Crippen molar-refractivity contribution in [2.24, 2.45) is 0 Å². The van der Waals surface area contributed by atoms with Crippen LogP contribution in [0.1, 0.15) is 16.7 Å². The van der Waals surface area contributed by atoms with Crippen molar-refractivity contribution < 1.29 is 4.74 Å². The van der Waals surface area contributed by atoms with E-state index >= 15 is 0 Å². The number of nitrogens with one attached hydrogen (secondary N) is 1. The van der Waals surface area contributed by atoms with E-state index in [1.165, 1.54) is 16.7 Å². The summed E-state index contributed by atoms with van der Waals surface area (Å²) in [5.74, 6) is 2.76. The van der Waals surface area contributed by atoms with Crippen molar-refractivity contribution in [1.29, 1.82) is 0 Å². The van der Waals surface area contributed by atoms with E-state index in [0.717, 1.165) is 28.8 Å². The zero-order valence-electron chi connectivity index (χ0n) is 12.4. The van der Waals surface area contributed by atoms with Gasteiger partial charge in [0.2, 0.25) is 0 Å². The number of hydrogen-bond acceptors (Lipinski definition) is 3. The summed E-state index contributed by atoms with van der Waals surface area (Å²) in [5, 5.41) is 4.01. The summed E-state index contributed by atoms with van der Waals surface area (Å²) in [6.07, 6.45) is 0. The fraction of sp³-hybridized carbons (Fsp3) is 0.294. The fourth-order valence-electron chi connectivity index (χ4n) is 2.15. The average molecular weight is 322 g/mol. The minimum absolute atomic E-state index is 0.834. The Kier molecular flexibility index (Phi) is 6.43. The van der Waals surface area contributed by atoms with Gasteiger partial charge in [0.15, 0.2) is 0 Å². The summed E-state index contributed by atoms with van der Waals surface area (Å²) in [7, 11) is 3.67. The Hall–Kier alpha value is -1.16. The molecule has 0 aromatic heterocycles. The van der Waals surface area contributed by atoms with E-state index in [4.69, 9.17) is 16.3 Å². The van der Waals surface area contributed by atoms with Gasteiger partial charge < -0.3 is 10.1 Å². The van der Waals surface area contributed by atoms with Crippen LogP contribution in [0, 0.1) is 0 Å². The molecule has 0 aliphatic carbocycles. The van der Waals surface area contributed by atoms with Crippen LogP contribution in [0.25, 0.3) is 0 Å². The summed E-state index contributed by atoms with van der Waals surface area (Å²) >= 11 is 8.03. The van der Waals surface area contributed by atoms with E-state index in [0.29, 0.717) is 0 Å². The number of halogens is 1. The van der Waals surface area contributed by atoms with Crippen molar-refractivity contribution in [3.8, 4) is 5.75 Å². The van der Waals surface area contributed by atoms with Gasteiger partial charge in [0.25, 0.3) is 0 Å². The first-order chi connectivity index (χ1) is 10.2. The molecule has 0 bridgehead atoms. The normalized spacial score (nSPS) is 10.6. The molecular formula is C17H20ClNOS. The Morgan fingerprint density at radius 3 is 2.57 bits per heavy atom. The second-order valence-corrected chi connectivity index (χ2v) is 6.15. The summed E-state index contributed by atoms with van der Waals surface area (Å²) < 4.78 is 5.45. The van der Waals surface area contributed by atoms with Crippen LogP contribution >= 0.6 is 23.4 Å². The first kappa shape index (κ1) is 16.2. The van der Waals surface area contributed by atoms with Gasteiger partial charge in [-0.15, -0.1) is 0 Å². The number of benzene rings is 2. The van der Waals surface area contributed by atoms with Crippen LogP contribution in [0.2, 0.25) is 5.02 Å². The lowest BCUT2D eigenvalue weighted by molar-refractivity contribution is 0.411. The van der Waals surface area contributed by atoms with Crippen molar-refractivity contribution in [2.45, 2.75) is 18.1 Å². The molecule has 2 rings (SSSR count). The molecule has 0 spiro atoms. The molecule has 2 nitrogen and oxygen atoms in total. The summed E-state index contributed by atoms with van der Waals surface area (Å²) in [6.45, 7) is 0.867. The Labute approximate surface area is 135 Å². The highest BCUT2D eigenvalue weighted by atomic mass is 35.5. The molecule has 21 heavy (non-hydrogen) atoms. The standard InChI is InChI=1S/C17H20ClNOS/c1-19-10-13-7-8-17(20-2)15(9-13)12-21-11-14-5-3-4-6-16(14)18/h3-9,19H,10-12H2,1-2H3. The first-order valence-corrected chi connectivity index (χ1v) is 8.39. The Bertz CT molecular complexity index is 589. The van der Waals surface area contributed by atoms with Crippen LogP contribution < -0.4 is 10.1 Å². The fourth-order valence-corrected chi connectivity index (χ4v) is 3.45. The van der Waals surface area contributed by atoms with E-state index in [1.807, 2.05) is 43.1 Å². The molecule has 0 saturated heterocycles.